The summed E-state index contributed by atoms with van der Waals surface area (Å²) < 4.78 is 0. The van der Waals surface area contributed by atoms with Gasteiger partial charge < -0.3 is 10.2 Å². The van der Waals surface area contributed by atoms with Gasteiger partial charge in [-0.25, -0.2) is 0 Å². The molecular formula is C6H10O2. The van der Waals surface area contributed by atoms with E-state index in [0.717, 1.165) is 12.8 Å². The minimum Gasteiger partial charge on any atom is -0.365 e. The van der Waals surface area contributed by atoms with E-state index in [4.69, 9.17) is 10.2 Å². The molecule has 0 bridgehead atoms. The normalized spacial score (nSPS) is 36.8. The van der Waals surface area contributed by atoms with Gasteiger partial charge in [0, 0.05) is 11.8 Å². The third kappa shape index (κ3) is 0.327. The van der Waals surface area contributed by atoms with Gasteiger partial charge in [-0.1, -0.05) is 6.42 Å². The van der Waals surface area contributed by atoms with E-state index in [1.807, 2.05) is 0 Å². The minimum absolute atomic E-state index is 0.0208. The Hall–Kier alpha value is -0.0800. The number of rotatable bonds is 0. The van der Waals surface area contributed by atoms with Gasteiger partial charge in [-0.05, 0) is 12.8 Å². The van der Waals surface area contributed by atoms with Crippen molar-refractivity contribution < 1.29 is 10.2 Å². The van der Waals surface area contributed by atoms with Gasteiger partial charge in [0.05, 0.1) is 0 Å². The van der Waals surface area contributed by atoms with E-state index in [0.29, 0.717) is 6.42 Å². The van der Waals surface area contributed by atoms with Crippen LogP contribution in [-0.2, 0) is 0 Å². The first kappa shape index (κ1) is 4.77. The summed E-state index contributed by atoms with van der Waals surface area (Å²) in [5, 5.41) is 17.9. The van der Waals surface area contributed by atoms with Crippen molar-refractivity contribution in [1.82, 2.24) is 0 Å². The third-order valence-corrected chi connectivity index (χ3v) is 2.62. The van der Waals surface area contributed by atoms with Crippen molar-refractivity contribution in [2.45, 2.75) is 31.5 Å². The quantitative estimate of drug-likeness (QED) is 0.443. The second kappa shape index (κ2) is 0.957. The van der Waals surface area contributed by atoms with E-state index in [-0.39, 0.29) is 5.41 Å². The van der Waals surface area contributed by atoms with Crippen LogP contribution in [0.2, 0.25) is 0 Å². The lowest BCUT2D eigenvalue weighted by Crippen LogP contribution is -2.25. The van der Waals surface area contributed by atoms with Crippen LogP contribution in [0, 0.1) is 5.41 Å². The van der Waals surface area contributed by atoms with E-state index < -0.39 is 5.79 Å². The maximum Gasteiger partial charge on any atom is 0.169 e. The van der Waals surface area contributed by atoms with Gasteiger partial charge in [0.1, 0.15) is 0 Å². The molecule has 0 saturated heterocycles. The van der Waals surface area contributed by atoms with Crippen molar-refractivity contribution in [2.24, 2.45) is 5.41 Å². The van der Waals surface area contributed by atoms with E-state index in [9.17, 15) is 0 Å². The van der Waals surface area contributed by atoms with E-state index in [1.165, 1.54) is 6.42 Å². The molecule has 0 heterocycles. The predicted octanol–water partition coefficient (Wildman–Crippen LogP) is 0.241. The van der Waals surface area contributed by atoms with Crippen molar-refractivity contribution in [2.75, 3.05) is 0 Å². The molecular weight excluding hydrogens is 104 g/mol. The molecule has 46 valence electrons. The molecule has 0 amide bonds. The maximum atomic E-state index is 8.96. The van der Waals surface area contributed by atoms with Gasteiger partial charge in [-0.15, -0.1) is 0 Å². The van der Waals surface area contributed by atoms with Crippen LogP contribution < -0.4 is 0 Å². The molecule has 0 aliphatic heterocycles. The molecule has 2 aliphatic rings. The Morgan fingerprint density at radius 2 is 1.62 bits per heavy atom. The highest BCUT2D eigenvalue weighted by Crippen LogP contribution is 2.66. The molecule has 2 aliphatic carbocycles. The maximum absolute atomic E-state index is 8.96. The molecule has 0 aromatic carbocycles. The van der Waals surface area contributed by atoms with Crippen LogP contribution in [0.15, 0.2) is 0 Å². The summed E-state index contributed by atoms with van der Waals surface area (Å²) in [7, 11) is 0. The zero-order chi connectivity index (χ0) is 5.83. The molecule has 2 saturated carbocycles. The van der Waals surface area contributed by atoms with Crippen molar-refractivity contribution in [3.63, 3.8) is 0 Å². The molecule has 8 heavy (non-hydrogen) atoms. The SMILES string of the molecule is OC1(O)CC12CCC2. The van der Waals surface area contributed by atoms with Gasteiger partial charge in [0.2, 0.25) is 0 Å². The van der Waals surface area contributed by atoms with Crippen LogP contribution in [0.4, 0.5) is 0 Å². The third-order valence-electron chi connectivity index (χ3n) is 2.62. The second-order valence-corrected chi connectivity index (χ2v) is 3.13. The van der Waals surface area contributed by atoms with Crippen LogP contribution in [0.5, 0.6) is 0 Å². The van der Waals surface area contributed by atoms with Gasteiger partial charge in [0.15, 0.2) is 5.79 Å². The Morgan fingerprint density at radius 1 is 1.12 bits per heavy atom. The van der Waals surface area contributed by atoms with Crippen LogP contribution in [0.25, 0.3) is 0 Å². The number of hydrogen-bond acceptors (Lipinski definition) is 2. The minimum atomic E-state index is -1.26. The average Bonchev–Trinajstić information content (AvgIpc) is 2.05. The molecule has 0 unspecified atom stereocenters. The van der Waals surface area contributed by atoms with Gasteiger partial charge >= 0.3 is 0 Å². The molecule has 0 radical (unpaired) electrons. The van der Waals surface area contributed by atoms with Crippen molar-refractivity contribution in [1.29, 1.82) is 0 Å². The van der Waals surface area contributed by atoms with Gasteiger partial charge in [-0.3, -0.25) is 0 Å². The second-order valence-electron chi connectivity index (χ2n) is 3.13. The summed E-state index contributed by atoms with van der Waals surface area (Å²) in [6.07, 6.45) is 3.86. The molecule has 1 spiro atoms. The lowest BCUT2D eigenvalue weighted by molar-refractivity contribution is -0.118. The fraction of sp³-hybridized carbons (Fsp3) is 1.00. The summed E-state index contributed by atoms with van der Waals surface area (Å²) >= 11 is 0. The Morgan fingerprint density at radius 3 is 1.62 bits per heavy atom. The summed E-state index contributed by atoms with van der Waals surface area (Å²) in [4.78, 5) is 0. The largest absolute Gasteiger partial charge is 0.365 e. The van der Waals surface area contributed by atoms with Crippen molar-refractivity contribution in [3.8, 4) is 0 Å². The van der Waals surface area contributed by atoms with Crippen LogP contribution in [-0.4, -0.2) is 16.0 Å². The van der Waals surface area contributed by atoms with E-state index in [1.54, 1.807) is 0 Å². The first-order chi connectivity index (χ1) is 3.66. The lowest BCUT2D eigenvalue weighted by atomic mass is 9.81. The fourth-order valence-electron chi connectivity index (χ4n) is 1.61. The highest BCUT2D eigenvalue weighted by Gasteiger charge is 2.69. The Kier molecular flexibility index (Phi) is 0.570. The van der Waals surface area contributed by atoms with Crippen molar-refractivity contribution in [3.05, 3.63) is 0 Å². The highest BCUT2D eigenvalue weighted by molar-refractivity contribution is 5.13. The molecule has 2 N–H and O–H groups in total. The summed E-state index contributed by atoms with van der Waals surface area (Å²) in [6, 6.07) is 0. The smallest absolute Gasteiger partial charge is 0.169 e. The molecule has 2 nitrogen and oxygen atoms in total. The monoisotopic (exact) mass is 114 g/mol. The summed E-state index contributed by atoms with van der Waals surface area (Å²) in [6.45, 7) is 0. The lowest BCUT2D eigenvalue weighted by Gasteiger charge is -2.26. The summed E-state index contributed by atoms with van der Waals surface area (Å²) in [5.74, 6) is -1.26. The van der Waals surface area contributed by atoms with E-state index >= 15 is 0 Å². The average molecular weight is 114 g/mol. The molecule has 2 rings (SSSR count). The summed E-state index contributed by atoms with van der Waals surface area (Å²) in [5.41, 5.74) is -0.0208. The van der Waals surface area contributed by atoms with Crippen LogP contribution in [0.1, 0.15) is 25.7 Å². The zero-order valence-electron chi connectivity index (χ0n) is 4.72. The van der Waals surface area contributed by atoms with E-state index in [2.05, 4.69) is 0 Å². The molecule has 0 atom stereocenters. The number of aliphatic hydroxyl groups is 2. The Labute approximate surface area is 48.1 Å². The first-order valence-corrected chi connectivity index (χ1v) is 3.11. The van der Waals surface area contributed by atoms with Crippen LogP contribution in [0.3, 0.4) is 0 Å². The topological polar surface area (TPSA) is 40.5 Å². The fourth-order valence-corrected chi connectivity index (χ4v) is 1.61. The van der Waals surface area contributed by atoms with Crippen molar-refractivity contribution >= 4 is 0 Å². The number of hydrogen-bond donors (Lipinski definition) is 2. The Balaban J connectivity index is 2.12. The molecule has 2 heteroatoms. The molecule has 0 aromatic rings. The molecule has 2 fully saturated rings. The zero-order valence-corrected chi connectivity index (χ0v) is 4.72. The van der Waals surface area contributed by atoms with Gasteiger partial charge in [0.25, 0.3) is 0 Å². The van der Waals surface area contributed by atoms with Gasteiger partial charge in [-0.2, -0.15) is 0 Å². The predicted molar refractivity (Wildman–Crippen MR) is 28.1 cm³/mol. The van der Waals surface area contributed by atoms with Crippen LogP contribution >= 0.6 is 0 Å². The first-order valence-electron chi connectivity index (χ1n) is 3.11. The highest BCUT2D eigenvalue weighted by atomic mass is 16.5. The molecule has 0 aromatic heterocycles. The Bertz CT molecular complexity index is 124. The standard InChI is InChI=1S/C6H10O2/c7-6(8)4-5(6)2-1-3-5/h7-8H,1-4H2.